The SMILES string of the molecule is C=CCOCCOS(=O)(=O)ON. The first kappa shape index (κ1) is 11.5. The van der Waals surface area contributed by atoms with Gasteiger partial charge in [-0.15, -0.1) is 6.58 Å². The van der Waals surface area contributed by atoms with Gasteiger partial charge in [0.1, 0.15) is 0 Å². The van der Waals surface area contributed by atoms with E-state index in [0.29, 0.717) is 6.61 Å². The van der Waals surface area contributed by atoms with Crippen LogP contribution in [0.2, 0.25) is 0 Å². The van der Waals surface area contributed by atoms with Gasteiger partial charge in [-0.3, -0.25) is 0 Å². The van der Waals surface area contributed by atoms with Crippen molar-refractivity contribution >= 4 is 10.4 Å². The molecule has 0 bridgehead atoms. The zero-order valence-corrected chi connectivity index (χ0v) is 7.25. The molecule has 0 aromatic heterocycles. The van der Waals surface area contributed by atoms with Crippen LogP contribution in [0.15, 0.2) is 12.7 Å². The summed E-state index contributed by atoms with van der Waals surface area (Å²) < 4.78 is 33.3. The van der Waals surface area contributed by atoms with Crippen LogP contribution in [0.5, 0.6) is 0 Å². The van der Waals surface area contributed by atoms with Gasteiger partial charge in [0.15, 0.2) is 0 Å². The van der Waals surface area contributed by atoms with E-state index in [1.165, 1.54) is 6.08 Å². The predicted molar refractivity (Wildman–Crippen MR) is 41.2 cm³/mol. The van der Waals surface area contributed by atoms with E-state index in [1.54, 1.807) is 0 Å². The summed E-state index contributed by atoms with van der Waals surface area (Å²) >= 11 is 0. The molecule has 2 N–H and O–H groups in total. The number of hydrogen-bond donors (Lipinski definition) is 1. The van der Waals surface area contributed by atoms with Crippen molar-refractivity contribution in [3.05, 3.63) is 12.7 Å². The van der Waals surface area contributed by atoms with Crippen molar-refractivity contribution in [3.63, 3.8) is 0 Å². The summed E-state index contributed by atoms with van der Waals surface area (Å²) in [5.41, 5.74) is 0. The molecule has 0 aliphatic carbocycles. The Kier molecular flexibility index (Phi) is 5.85. The Bertz CT molecular complexity index is 212. The maximum absolute atomic E-state index is 10.4. The molecule has 0 saturated heterocycles. The highest BCUT2D eigenvalue weighted by Gasteiger charge is 2.08. The smallest absolute Gasteiger partial charge is 0.375 e. The highest BCUT2D eigenvalue weighted by atomic mass is 32.3. The van der Waals surface area contributed by atoms with Crippen LogP contribution in [0.25, 0.3) is 0 Å². The molecule has 0 heterocycles. The molecule has 0 saturated carbocycles. The quantitative estimate of drug-likeness (QED) is 0.331. The topological polar surface area (TPSA) is 87.8 Å². The average Bonchev–Trinajstić information content (AvgIpc) is 2.04. The summed E-state index contributed by atoms with van der Waals surface area (Å²) in [7, 11) is -4.03. The van der Waals surface area contributed by atoms with Gasteiger partial charge in [0.05, 0.1) is 19.8 Å². The molecule has 72 valence electrons. The highest BCUT2D eigenvalue weighted by Crippen LogP contribution is 1.90. The van der Waals surface area contributed by atoms with Crippen molar-refractivity contribution in [1.82, 2.24) is 0 Å². The number of ether oxygens (including phenoxy) is 1. The van der Waals surface area contributed by atoms with E-state index in [-0.39, 0.29) is 13.2 Å². The molecule has 0 rings (SSSR count). The Morgan fingerprint density at radius 2 is 2.08 bits per heavy atom. The first-order chi connectivity index (χ1) is 5.62. The van der Waals surface area contributed by atoms with Crippen LogP contribution in [0, 0.1) is 0 Å². The Labute approximate surface area is 71.2 Å². The molecular weight excluding hydrogens is 186 g/mol. The zero-order valence-electron chi connectivity index (χ0n) is 6.43. The van der Waals surface area contributed by atoms with Crippen molar-refractivity contribution < 1.29 is 21.6 Å². The maximum atomic E-state index is 10.4. The van der Waals surface area contributed by atoms with Crippen LogP contribution < -0.4 is 5.90 Å². The summed E-state index contributed by atoms with van der Waals surface area (Å²) in [6.45, 7) is 3.74. The zero-order chi connectivity index (χ0) is 9.45. The van der Waals surface area contributed by atoms with Gasteiger partial charge in [-0.05, 0) is 0 Å². The summed E-state index contributed by atoms with van der Waals surface area (Å²) in [6.07, 6.45) is 1.54. The van der Waals surface area contributed by atoms with E-state index < -0.39 is 10.4 Å². The molecule has 6 nitrogen and oxygen atoms in total. The molecule has 0 amide bonds. The Morgan fingerprint density at radius 3 is 2.58 bits per heavy atom. The lowest BCUT2D eigenvalue weighted by atomic mass is 10.7. The van der Waals surface area contributed by atoms with Gasteiger partial charge in [0, 0.05) is 0 Å². The molecule has 0 atom stereocenters. The van der Waals surface area contributed by atoms with E-state index in [2.05, 4.69) is 20.9 Å². The van der Waals surface area contributed by atoms with Gasteiger partial charge >= 0.3 is 10.4 Å². The van der Waals surface area contributed by atoms with Crippen LogP contribution in [0.3, 0.4) is 0 Å². The molecular formula is C5H11NO5S. The molecule has 0 unspecified atom stereocenters. The van der Waals surface area contributed by atoms with Gasteiger partial charge in [-0.1, -0.05) is 6.08 Å². The Balaban J connectivity index is 3.37. The first-order valence-corrected chi connectivity index (χ1v) is 4.42. The third-order valence-electron chi connectivity index (χ3n) is 0.809. The standard InChI is InChI=1S/C5H11NO5S/c1-2-3-9-4-5-10-12(7,8)11-6/h2H,1,3-6H2. The van der Waals surface area contributed by atoms with Crippen LogP contribution in [0.1, 0.15) is 0 Å². The van der Waals surface area contributed by atoms with Crippen molar-refractivity contribution in [2.75, 3.05) is 19.8 Å². The van der Waals surface area contributed by atoms with E-state index in [9.17, 15) is 8.42 Å². The predicted octanol–water partition coefficient (Wildman–Crippen LogP) is -0.659. The monoisotopic (exact) mass is 197 g/mol. The van der Waals surface area contributed by atoms with Gasteiger partial charge in [-0.25, -0.2) is 4.18 Å². The summed E-state index contributed by atoms with van der Waals surface area (Å²) in [5, 5.41) is 0. The number of hydrogen-bond acceptors (Lipinski definition) is 6. The van der Waals surface area contributed by atoms with Crippen molar-refractivity contribution in [1.29, 1.82) is 0 Å². The molecule has 0 radical (unpaired) electrons. The van der Waals surface area contributed by atoms with E-state index in [1.807, 2.05) is 0 Å². The molecule has 0 aromatic carbocycles. The van der Waals surface area contributed by atoms with Crippen molar-refractivity contribution in [3.8, 4) is 0 Å². The van der Waals surface area contributed by atoms with Crippen LogP contribution >= 0.6 is 0 Å². The lowest BCUT2D eigenvalue weighted by Gasteiger charge is -2.01. The normalized spacial score (nSPS) is 11.4. The fraction of sp³-hybridized carbons (Fsp3) is 0.600. The van der Waals surface area contributed by atoms with E-state index >= 15 is 0 Å². The maximum Gasteiger partial charge on any atom is 0.415 e. The van der Waals surface area contributed by atoms with E-state index in [0.717, 1.165) is 0 Å². The minimum atomic E-state index is -4.03. The summed E-state index contributed by atoms with van der Waals surface area (Å²) in [4.78, 5) is 0. The molecule has 12 heavy (non-hydrogen) atoms. The Hall–Kier alpha value is -0.470. The van der Waals surface area contributed by atoms with Gasteiger partial charge < -0.3 is 4.74 Å². The fourth-order valence-corrected chi connectivity index (χ4v) is 0.717. The van der Waals surface area contributed by atoms with Crippen molar-refractivity contribution in [2.45, 2.75) is 0 Å². The lowest BCUT2D eigenvalue weighted by molar-refractivity contribution is 0.112. The Morgan fingerprint density at radius 1 is 1.42 bits per heavy atom. The molecule has 0 aliphatic rings. The molecule has 7 heteroatoms. The lowest BCUT2D eigenvalue weighted by Crippen LogP contribution is -2.17. The van der Waals surface area contributed by atoms with Crippen molar-refractivity contribution in [2.24, 2.45) is 5.90 Å². The number of rotatable bonds is 7. The third-order valence-corrected chi connectivity index (χ3v) is 1.50. The van der Waals surface area contributed by atoms with Gasteiger partial charge in [0.25, 0.3) is 0 Å². The second-order valence-electron chi connectivity index (χ2n) is 1.69. The highest BCUT2D eigenvalue weighted by molar-refractivity contribution is 7.81. The molecule has 0 aromatic rings. The molecule has 0 spiro atoms. The summed E-state index contributed by atoms with van der Waals surface area (Å²) in [5.74, 6) is 4.38. The van der Waals surface area contributed by atoms with Crippen LogP contribution in [0.4, 0.5) is 0 Å². The van der Waals surface area contributed by atoms with Crippen LogP contribution in [-0.4, -0.2) is 28.2 Å². The van der Waals surface area contributed by atoms with Crippen LogP contribution in [-0.2, 0) is 23.6 Å². The second-order valence-corrected chi connectivity index (χ2v) is 2.93. The van der Waals surface area contributed by atoms with Gasteiger partial charge in [-0.2, -0.15) is 18.6 Å². The minimum Gasteiger partial charge on any atom is -0.375 e. The largest absolute Gasteiger partial charge is 0.415 e. The van der Waals surface area contributed by atoms with E-state index in [4.69, 9.17) is 4.74 Å². The number of nitrogens with two attached hydrogens (primary N) is 1. The molecule has 0 aliphatic heterocycles. The fourth-order valence-electron chi connectivity index (χ4n) is 0.389. The van der Waals surface area contributed by atoms with Gasteiger partial charge in [0.2, 0.25) is 0 Å². The average molecular weight is 197 g/mol. The first-order valence-electron chi connectivity index (χ1n) is 3.08. The third kappa shape index (κ3) is 6.25. The summed E-state index contributed by atoms with van der Waals surface area (Å²) in [6, 6.07) is 0. The molecule has 0 fully saturated rings. The second kappa shape index (κ2) is 6.09. The minimum absolute atomic E-state index is 0.132.